The van der Waals surface area contributed by atoms with E-state index in [1.165, 1.54) is 10.6 Å². The van der Waals surface area contributed by atoms with Gasteiger partial charge in [-0.05, 0) is 49.7 Å². The Kier molecular flexibility index (Phi) is 6.42. The molecular formula is C25H31N5O6. The number of carbonyl (C=O) groups excluding carboxylic acids is 4. The topological polar surface area (TPSA) is 154 Å². The van der Waals surface area contributed by atoms with E-state index in [4.69, 9.17) is 0 Å². The van der Waals surface area contributed by atoms with Crippen LogP contribution >= 0.6 is 0 Å². The number of carbonyl (C=O) groups is 4. The Bertz CT molecular complexity index is 1280. The van der Waals surface area contributed by atoms with Crippen LogP contribution < -0.4 is 16.2 Å². The second-order valence-corrected chi connectivity index (χ2v) is 10.2. The summed E-state index contributed by atoms with van der Waals surface area (Å²) in [5.41, 5.74) is 0.554. The maximum absolute atomic E-state index is 13.6. The van der Waals surface area contributed by atoms with Gasteiger partial charge < -0.3 is 30.2 Å². The Balaban J connectivity index is 1.40. The molecule has 3 amide bonds. The number of pyridine rings is 1. The first kappa shape index (κ1) is 24.2. The van der Waals surface area contributed by atoms with Gasteiger partial charge >= 0.3 is 0 Å². The highest BCUT2D eigenvalue weighted by Gasteiger charge is 2.50. The van der Waals surface area contributed by atoms with E-state index in [0.29, 0.717) is 30.4 Å². The third-order valence-electron chi connectivity index (χ3n) is 8.06. The van der Waals surface area contributed by atoms with Crippen LogP contribution in [0.25, 0.3) is 10.9 Å². The minimum Gasteiger partial charge on any atom is -0.389 e. The van der Waals surface area contributed by atoms with Gasteiger partial charge in [-0.2, -0.15) is 0 Å². The van der Waals surface area contributed by atoms with Crippen molar-refractivity contribution in [2.24, 2.45) is 24.8 Å². The average molecular weight is 498 g/mol. The van der Waals surface area contributed by atoms with Crippen LogP contribution in [-0.4, -0.2) is 74.8 Å². The molecule has 2 aliphatic heterocycles. The molecule has 4 heterocycles. The fraction of sp³-hybridized carbons (Fsp3) is 0.560. The molecule has 11 nitrogen and oxygen atoms in total. The van der Waals surface area contributed by atoms with Crippen molar-refractivity contribution in [3.8, 4) is 0 Å². The monoisotopic (exact) mass is 497 g/mol. The van der Waals surface area contributed by atoms with Crippen LogP contribution in [0.5, 0.6) is 0 Å². The molecule has 1 saturated carbocycles. The van der Waals surface area contributed by atoms with Gasteiger partial charge in [0, 0.05) is 32.3 Å². The molecule has 0 spiro atoms. The largest absolute Gasteiger partial charge is 0.389 e. The summed E-state index contributed by atoms with van der Waals surface area (Å²) in [7, 11) is 1.64. The third-order valence-corrected chi connectivity index (χ3v) is 8.06. The van der Waals surface area contributed by atoms with E-state index >= 15 is 0 Å². The molecule has 0 bridgehead atoms. The molecule has 2 aromatic rings. The normalized spacial score (nSPS) is 26.2. The van der Waals surface area contributed by atoms with Gasteiger partial charge in [0.2, 0.25) is 11.8 Å². The number of H-pyrrole nitrogens is 1. The number of aromatic nitrogens is 2. The van der Waals surface area contributed by atoms with Crippen LogP contribution in [0.1, 0.15) is 42.6 Å². The zero-order chi connectivity index (χ0) is 25.6. The Morgan fingerprint density at radius 1 is 1.22 bits per heavy atom. The summed E-state index contributed by atoms with van der Waals surface area (Å²) in [6.07, 6.45) is 4.95. The van der Waals surface area contributed by atoms with Gasteiger partial charge in [-0.25, -0.2) is 0 Å². The Morgan fingerprint density at radius 3 is 2.75 bits per heavy atom. The molecule has 3 fully saturated rings. The highest BCUT2D eigenvalue weighted by atomic mass is 16.3. The molecule has 1 aliphatic carbocycles. The minimum atomic E-state index is -1.01. The maximum Gasteiger partial charge on any atom is 0.271 e. The van der Waals surface area contributed by atoms with Crippen molar-refractivity contribution in [3.63, 3.8) is 0 Å². The minimum absolute atomic E-state index is 0.0362. The third kappa shape index (κ3) is 4.21. The number of nitrogens with one attached hydrogen (secondary N) is 3. The smallest absolute Gasteiger partial charge is 0.271 e. The number of hydrogen-bond donors (Lipinski definition) is 4. The molecule has 5 rings (SSSR count). The van der Waals surface area contributed by atoms with E-state index < -0.39 is 36.3 Å². The number of rotatable bonds is 7. The molecule has 0 radical (unpaired) electrons. The highest BCUT2D eigenvalue weighted by molar-refractivity contribution is 6.01. The molecule has 5 atom stereocenters. The van der Waals surface area contributed by atoms with Crippen LogP contribution in [0.4, 0.5) is 0 Å². The van der Waals surface area contributed by atoms with Crippen molar-refractivity contribution >= 4 is 34.4 Å². The maximum atomic E-state index is 13.6. The number of aryl methyl sites for hydroxylation is 1. The van der Waals surface area contributed by atoms with Gasteiger partial charge in [0.15, 0.2) is 5.78 Å². The summed E-state index contributed by atoms with van der Waals surface area (Å²) >= 11 is 0. The Morgan fingerprint density at radius 2 is 2.03 bits per heavy atom. The van der Waals surface area contributed by atoms with Gasteiger partial charge in [0.25, 0.3) is 11.5 Å². The van der Waals surface area contributed by atoms with Crippen LogP contribution in [0.2, 0.25) is 0 Å². The van der Waals surface area contributed by atoms with E-state index in [1.807, 2.05) is 0 Å². The number of aliphatic hydroxyl groups is 1. The number of nitrogens with zero attached hydrogens (tertiary/aromatic N) is 2. The summed E-state index contributed by atoms with van der Waals surface area (Å²) < 4.78 is 1.43. The van der Waals surface area contributed by atoms with E-state index in [-0.39, 0.29) is 41.3 Å². The van der Waals surface area contributed by atoms with Crippen LogP contribution in [-0.2, 0) is 21.4 Å². The lowest BCUT2D eigenvalue weighted by molar-refractivity contribution is -0.133. The lowest BCUT2D eigenvalue weighted by Gasteiger charge is -2.29. The van der Waals surface area contributed by atoms with Crippen molar-refractivity contribution < 1.29 is 24.3 Å². The fourth-order valence-corrected chi connectivity index (χ4v) is 6.14. The predicted octanol–water partition coefficient (Wildman–Crippen LogP) is -0.320. The first-order valence-corrected chi connectivity index (χ1v) is 12.5. The molecule has 36 heavy (non-hydrogen) atoms. The summed E-state index contributed by atoms with van der Waals surface area (Å²) in [5, 5.41) is 15.4. The van der Waals surface area contributed by atoms with Crippen molar-refractivity contribution in [3.05, 3.63) is 34.4 Å². The molecule has 2 saturated heterocycles. The average Bonchev–Trinajstić information content (AvgIpc) is 3.64. The molecule has 4 N–H and O–H groups in total. The zero-order valence-corrected chi connectivity index (χ0v) is 20.2. The van der Waals surface area contributed by atoms with Crippen molar-refractivity contribution in [1.29, 1.82) is 0 Å². The second-order valence-electron chi connectivity index (χ2n) is 10.2. The standard InChI is InChI=1S/C25H31N5O6/c1-29-8-6-17-16(24(29)35)10-19(27-17)25(36)30-11-14-3-2-4-15(14)21(30)23(34)28-18(20(32)12-31)9-13-5-7-26-22(13)33/h6,8,10,13-15,18,21,27,31H,2-5,7,9,11-12H2,1H3,(H,26,33)(H,28,34)/t13-,14-,15-,18?,21-/m0/s1. The van der Waals surface area contributed by atoms with Crippen molar-refractivity contribution in [2.75, 3.05) is 19.7 Å². The lowest BCUT2D eigenvalue weighted by atomic mass is 9.92. The Labute approximate surface area is 207 Å². The van der Waals surface area contributed by atoms with Crippen LogP contribution in [0.15, 0.2) is 23.1 Å². The van der Waals surface area contributed by atoms with E-state index in [2.05, 4.69) is 15.6 Å². The summed E-state index contributed by atoms with van der Waals surface area (Å²) in [6, 6.07) is 1.47. The van der Waals surface area contributed by atoms with Crippen molar-refractivity contribution in [1.82, 2.24) is 25.1 Å². The van der Waals surface area contributed by atoms with E-state index in [1.54, 1.807) is 24.2 Å². The summed E-state index contributed by atoms with van der Waals surface area (Å²) in [6.45, 7) is 0.182. The number of fused-ring (bicyclic) bond motifs is 2. The molecule has 3 aliphatic rings. The first-order chi connectivity index (χ1) is 17.3. The molecule has 1 unspecified atom stereocenters. The van der Waals surface area contributed by atoms with Gasteiger partial charge in [-0.1, -0.05) is 6.42 Å². The predicted molar refractivity (Wildman–Crippen MR) is 129 cm³/mol. The molecule has 192 valence electrons. The highest BCUT2D eigenvalue weighted by Crippen LogP contribution is 2.43. The van der Waals surface area contributed by atoms with E-state index in [9.17, 15) is 29.1 Å². The SMILES string of the molecule is Cn1ccc2[nH]c(C(=O)N3C[C@@H]4CCC[C@@H]4[C@H]3C(=O)NC(C[C@@H]3CCNC3=O)C(=O)CO)cc2c1=O. The number of aliphatic hydroxyl groups excluding tert-OH is 1. The number of likely N-dealkylation sites (tertiary alicyclic amines) is 1. The fourth-order valence-electron chi connectivity index (χ4n) is 6.14. The quantitative estimate of drug-likeness (QED) is 0.411. The molecule has 0 aromatic carbocycles. The van der Waals surface area contributed by atoms with Gasteiger partial charge in [-0.3, -0.25) is 24.0 Å². The lowest BCUT2D eigenvalue weighted by Crippen LogP contribution is -2.53. The van der Waals surface area contributed by atoms with E-state index in [0.717, 1.165) is 19.3 Å². The summed E-state index contributed by atoms with van der Waals surface area (Å²) in [4.78, 5) is 68.7. The molecule has 2 aromatic heterocycles. The van der Waals surface area contributed by atoms with Gasteiger partial charge in [-0.15, -0.1) is 0 Å². The first-order valence-electron chi connectivity index (χ1n) is 12.5. The Hall–Kier alpha value is -3.47. The van der Waals surface area contributed by atoms with Crippen LogP contribution in [0.3, 0.4) is 0 Å². The van der Waals surface area contributed by atoms with Crippen LogP contribution in [0, 0.1) is 17.8 Å². The number of hydrogen-bond acceptors (Lipinski definition) is 6. The van der Waals surface area contributed by atoms with Gasteiger partial charge in [0.1, 0.15) is 18.3 Å². The molecule has 11 heteroatoms. The number of aromatic amines is 1. The van der Waals surface area contributed by atoms with Crippen molar-refractivity contribution in [2.45, 2.75) is 44.2 Å². The second kappa shape index (κ2) is 9.53. The number of Topliss-reactive ketones (excluding diaryl/α,β-unsaturated/α-hetero) is 1. The van der Waals surface area contributed by atoms with Gasteiger partial charge in [0.05, 0.1) is 16.9 Å². The number of ketones is 1. The molecular weight excluding hydrogens is 466 g/mol. The zero-order valence-electron chi connectivity index (χ0n) is 20.2. The summed E-state index contributed by atoms with van der Waals surface area (Å²) in [5.74, 6) is -1.83. The number of amides is 3.